The summed E-state index contributed by atoms with van der Waals surface area (Å²) in [6.07, 6.45) is -17.2. The van der Waals surface area contributed by atoms with Gasteiger partial charge in [-0.25, -0.2) is 0 Å². The van der Waals surface area contributed by atoms with Crippen LogP contribution in [-0.4, -0.2) is 120 Å². The molecule has 9 N–H and O–H groups in total. The van der Waals surface area contributed by atoms with Crippen molar-refractivity contribution in [3.8, 4) is 0 Å². The van der Waals surface area contributed by atoms with Crippen molar-refractivity contribution in [2.45, 2.75) is 54.9 Å². The zero-order valence-electron chi connectivity index (χ0n) is 12.0. The van der Waals surface area contributed by atoms with Crippen LogP contribution >= 0.6 is 0 Å². The summed E-state index contributed by atoms with van der Waals surface area (Å²) in [7, 11) is 0. The topological polar surface area (TPSA) is 208 Å². The van der Waals surface area contributed by atoms with Gasteiger partial charge in [0.05, 0.1) is 13.2 Å². The molecule has 9 atom stereocenters. The highest BCUT2D eigenvalue weighted by Gasteiger charge is 2.49. The van der Waals surface area contributed by atoms with Gasteiger partial charge in [0.1, 0.15) is 54.9 Å². The van der Waals surface area contributed by atoms with Crippen molar-refractivity contribution < 1.29 is 55.5 Å². The van der Waals surface area contributed by atoms with Gasteiger partial charge in [-0.05, 0) is 0 Å². The van der Waals surface area contributed by atoms with Crippen LogP contribution < -0.4 is 0 Å². The van der Waals surface area contributed by atoms with Crippen LogP contribution in [0.4, 0.5) is 0 Å². The number of ether oxygens (including phenoxy) is 1. The zero-order chi connectivity index (χ0) is 17.9. The van der Waals surface area contributed by atoms with Gasteiger partial charge in [-0.3, -0.25) is 4.79 Å². The zero-order valence-corrected chi connectivity index (χ0v) is 12.0. The summed E-state index contributed by atoms with van der Waals surface area (Å²) in [5, 5.41) is 84.5. The Morgan fingerprint density at radius 1 is 0.913 bits per heavy atom. The van der Waals surface area contributed by atoms with Gasteiger partial charge in [0.25, 0.3) is 0 Å². The van der Waals surface area contributed by atoms with Crippen LogP contribution in [0.3, 0.4) is 0 Å². The third-order valence-corrected chi connectivity index (χ3v) is 3.72. The Hall–Kier alpha value is -0.730. The SMILES string of the molecule is O=C([C@H]1O[C@H](CO)[C@@H](O)[C@H](O)[C@H]1O)[C@H](O)[C@@H](O)[C@H](O)[C@H](O)CO. The van der Waals surface area contributed by atoms with Crippen molar-refractivity contribution in [3.05, 3.63) is 0 Å². The van der Waals surface area contributed by atoms with Gasteiger partial charge < -0.3 is 50.7 Å². The van der Waals surface area contributed by atoms with Crippen LogP contribution in [0.1, 0.15) is 0 Å². The van der Waals surface area contributed by atoms with Crippen molar-refractivity contribution in [3.63, 3.8) is 0 Å². The standard InChI is InChI=1S/C12H22O11/c13-1-3(15)5(16)7(18)9(20)11(22)12-10(21)8(19)6(17)4(2-14)23-12/h3-10,12-21H,1-2H2/t3-,4-,5-,6-,7+,8+,9-,10-,12+/m1/s1. The van der Waals surface area contributed by atoms with Crippen molar-refractivity contribution in [1.29, 1.82) is 0 Å². The predicted molar refractivity (Wildman–Crippen MR) is 69.9 cm³/mol. The van der Waals surface area contributed by atoms with Gasteiger partial charge >= 0.3 is 0 Å². The van der Waals surface area contributed by atoms with E-state index in [2.05, 4.69) is 0 Å². The quantitative estimate of drug-likeness (QED) is 0.212. The van der Waals surface area contributed by atoms with E-state index in [-0.39, 0.29) is 0 Å². The Morgan fingerprint density at radius 3 is 1.96 bits per heavy atom. The first-order valence-corrected chi connectivity index (χ1v) is 6.84. The van der Waals surface area contributed by atoms with Gasteiger partial charge in [-0.2, -0.15) is 0 Å². The number of aliphatic hydroxyl groups excluding tert-OH is 9. The Morgan fingerprint density at radius 2 is 1.48 bits per heavy atom. The fourth-order valence-electron chi connectivity index (χ4n) is 2.20. The predicted octanol–water partition coefficient (Wildman–Crippen LogP) is -6.17. The second-order valence-electron chi connectivity index (χ2n) is 5.33. The highest BCUT2D eigenvalue weighted by molar-refractivity contribution is 5.88. The number of carbonyl (C=O) groups excluding carboxylic acids is 1. The van der Waals surface area contributed by atoms with E-state index >= 15 is 0 Å². The first-order valence-electron chi connectivity index (χ1n) is 6.84. The summed E-state index contributed by atoms with van der Waals surface area (Å²) in [6.45, 7) is -1.74. The molecule has 1 aliphatic heterocycles. The maximum Gasteiger partial charge on any atom is 0.195 e. The lowest BCUT2D eigenvalue weighted by Gasteiger charge is -2.40. The summed E-state index contributed by atoms with van der Waals surface area (Å²) < 4.78 is 4.91. The summed E-state index contributed by atoms with van der Waals surface area (Å²) in [6, 6.07) is 0. The van der Waals surface area contributed by atoms with E-state index in [0.717, 1.165) is 0 Å². The van der Waals surface area contributed by atoms with Crippen molar-refractivity contribution in [2.75, 3.05) is 13.2 Å². The van der Waals surface area contributed by atoms with E-state index in [9.17, 15) is 40.5 Å². The lowest BCUT2D eigenvalue weighted by atomic mass is 9.89. The molecule has 0 spiro atoms. The van der Waals surface area contributed by atoms with Crippen LogP contribution in [0.25, 0.3) is 0 Å². The average molecular weight is 342 g/mol. The molecule has 0 bridgehead atoms. The number of hydrogen-bond acceptors (Lipinski definition) is 11. The van der Waals surface area contributed by atoms with Gasteiger partial charge in [-0.15, -0.1) is 0 Å². The van der Waals surface area contributed by atoms with Gasteiger partial charge in [-0.1, -0.05) is 0 Å². The second kappa shape index (κ2) is 8.39. The highest BCUT2D eigenvalue weighted by Crippen LogP contribution is 2.23. The van der Waals surface area contributed by atoms with Gasteiger partial charge in [0.2, 0.25) is 0 Å². The van der Waals surface area contributed by atoms with E-state index in [1.807, 2.05) is 0 Å². The monoisotopic (exact) mass is 342 g/mol. The smallest absolute Gasteiger partial charge is 0.195 e. The summed E-state index contributed by atoms with van der Waals surface area (Å²) in [4.78, 5) is 12.1. The summed E-state index contributed by atoms with van der Waals surface area (Å²) in [5.74, 6) is -1.35. The fourth-order valence-corrected chi connectivity index (χ4v) is 2.20. The molecule has 1 rings (SSSR count). The highest BCUT2D eigenvalue weighted by atomic mass is 16.5. The maximum absolute atomic E-state index is 12.1. The number of carbonyl (C=O) groups is 1. The minimum Gasteiger partial charge on any atom is -0.394 e. The fraction of sp³-hybridized carbons (Fsp3) is 0.917. The number of ketones is 1. The molecule has 136 valence electrons. The first-order chi connectivity index (χ1) is 10.7. The third kappa shape index (κ3) is 4.22. The Kier molecular flexibility index (Phi) is 7.41. The molecule has 0 aromatic rings. The molecule has 0 unspecified atom stereocenters. The average Bonchev–Trinajstić information content (AvgIpc) is 2.56. The first kappa shape index (κ1) is 20.3. The molecular formula is C12H22O11. The summed E-state index contributed by atoms with van der Waals surface area (Å²) >= 11 is 0. The Labute approximate surface area is 130 Å². The normalized spacial score (nSPS) is 37.0. The second-order valence-corrected chi connectivity index (χ2v) is 5.33. The number of rotatable bonds is 7. The molecule has 0 amide bonds. The molecule has 1 aliphatic rings. The van der Waals surface area contributed by atoms with Crippen LogP contribution in [0.5, 0.6) is 0 Å². The number of hydrogen-bond donors (Lipinski definition) is 9. The molecule has 11 heteroatoms. The van der Waals surface area contributed by atoms with Crippen LogP contribution in [0.2, 0.25) is 0 Å². The summed E-state index contributed by atoms with van der Waals surface area (Å²) in [5.41, 5.74) is 0. The van der Waals surface area contributed by atoms with Crippen molar-refractivity contribution in [1.82, 2.24) is 0 Å². The molecule has 0 saturated carbocycles. The molecule has 1 fully saturated rings. The number of Topliss-reactive ketones (excluding diaryl/α,β-unsaturated/α-hetero) is 1. The number of aliphatic hydroxyl groups is 9. The molecule has 1 saturated heterocycles. The van der Waals surface area contributed by atoms with Crippen LogP contribution in [0, 0.1) is 0 Å². The lowest BCUT2D eigenvalue weighted by Crippen LogP contribution is -2.63. The van der Waals surface area contributed by atoms with Crippen molar-refractivity contribution in [2.24, 2.45) is 0 Å². The largest absolute Gasteiger partial charge is 0.394 e. The van der Waals surface area contributed by atoms with Crippen LogP contribution in [-0.2, 0) is 9.53 Å². The van der Waals surface area contributed by atoms with E-state index in [1.54, 1.807) is 0 Å². The lowest BCUT2D eigenvalue weighted by molar-refractivity contribution is -0.231. The molecule has 23 heavy (non-hydrogen) atoms. The molecule has 0 aliphatic carbocycles. The minimum absolute atomic E-state index is 0.792. The molecule has 11 nitrogen and oxygen atoms in total. The molecule has 0 aromatic carbocycles. The molecule has 0 radical (unpaired) electrons. The van der Waals surface area contributed by atoms with Gasteiger partial charge in [0, 0.05) is 0 Å². The molecule has 1 heterocycles. The molecule has 0 aromatic heterocycles. The Bertz CT molecular complexity index is 389. The van der Waals surface area contributed by atoms with E-state index in [4.69, 9.17) is 14.9 Å². The molecular weight excluding hydrogens is 320 g/mol. The van der Waals surface area contributed by atoms with E-state index in [0.29, 0.717) is 0 Å². The Balaban J connectivity index is 2.85. The van der Waals surface area contributed by atoms with E-state index in [1.165, 1.54) is 0 Å². The third-order valence-electron chi connectivity index (χ3n) is 3.72. The van der Waals surface area contributed by atoms with E-state index < -0.39 is 73.9 Å². The van der Waals surface area contributed by atoms with Gasteiger partial charge in [0.15, 0.2) is 5.78 Å². The van der Waals surface area contributed by atoms with Crippen LogP contribution in [0.15, 0.2) is 0 Å². The maximum atomic E-state index is 12.1. The van der Waals surface area contributed by atoms with Crippen molar-refractivity contribution >= 4 is 5.78 Å². The minimum atomic E-state index is -2.33.